The van der Waals surface area contributed by atoms with Crippen molar-refractivity contribution < 1.29 is 33.9 Å². The molecule has 0 aliphatic rings. The van der Waals surface area contributed by atoms with Crippen molar-refractivity contribution in [3.8, 4) is 56.1 Å². The first-order valence-corrected chi connectivity index (χ1v) is 20.9. The number of carbonyl (C=O) groups excluding carboxylic acids is 2. The van der Waals surface area contributed by atoms with Crippen molar-refractivity contribution >= 4 is 23.8 Å². The van der Waals surface area contributed by atoms with Crippen molar-refractivity contribution in [3.05, 3.63) is 179 Å². The maximum atomic E-state index is 13.8. The van der Waals surface area contributed by atoms with Crippen LogP contribution in [-0.4, -0.2) is 53.2 Å². The molecule has 0 fully saturated rings. The smallest absolute Gasteiger partial charge is 0.307 e. The number of carbonyl (C=O) groups is 4. The molecule has 4 aromatic heterocycles. The van der Waals surface area contributed by atoms with E-state index in [2.05, 4.69) is 10.1 Å². The van der Waals surface area contributed by atoms with Crippen LogP contribution in [-0.2, 0) is 16.0 Å². The Balaban J connectivity index is 1.27. The third-order valence-corrected chi connectivity index (χ3v) is 12.0. The standard InChI is InChI=1S/C52H46N6O7/c1-29-24-37(50(53)61)15-18-43(29)57-40(17-20-45(57)34-11-13-36(14-12-34)49-31(3)56-65-32(49)4)26-42(52(63)64)41(27-48(59)60)47-22-21-46(58(47)44-19-16-38(51(54)62)25-30(44)2)35-9-7-33(8-10-35)39-6-5-23-55-28-39/h5-25,28,41-42H,26-27H2,1-4H3,(H2,53,61)(H2,54,62)(H,59,60)(H,63,64). The van der Waals surface area contributed by atoms with Gasteiger partial charge in [-0.05, 0) is 133 Å². The molecule has 0 spiro atoms. The van der Waals surface area contributed by atoms with Crippen LogP contribution in [0.1, 0.15) is 67.0 Å². The molecular weight excluding hydrogens is 821 g/mol. The highest BCUT2D eigenvalue weighted by Crippen LogP contribution is 2.40. The highest BCUT2D eigenvalue weighted by atomic mass is 16.5. The SMILES string of the molecule is Cc1cc(C(N)=O)ccc1-n1c(CC(C(=O)O)C(CC(=O)O)c2ccc(-c3ccc(-c4cccnc4)cc3)n2-c2ccc(C(N)=O)cc2C)ccc1-c1ccc(-c2c(C)noc2C)cc1. The fourth-order valence-electron chi connectivity index (χ4n) is 8.84. The molecule has 0 saturated heterocycles. The molecule has 4 aromatic carbocycles. The van der Waals surface area contributed by atoms with E-state index in [0.717, 1.165) is 44.8 Å². The van der Waals surface area contributed by atoms with E-state index in [1.807, 2.05) is 116 Å². The molecule has 2 amide bonds. The van der Waals surface area contributed by atoms with Crippen LogP contribution in [0.3, 0.4) is 0 Å². The topological polar surface area (TPSA) is 210 Å². The number of nitrogens with zero attached hydrogens (tertiary/aromatic N) is 4. The van der Waals surface area contributed by atoms with Crippen molar-refractivity contribution in [1.29, 1.82) is 0 Å². The number of primary amides is 2. The van der Waals surface area contributed by atoms with E-state index in [9.17, 15) is 29.4 Å². The number of aromatic nitrogens is 4. The van der Waals surface area contributed by atoms with Crippen molar-refractivity contribution in [2.24, 2.45) is 17.4 Å². The average Bonchev–Trinajstić information content (AvgIpc) is 4.01. The van der Waals surface area contributed by atoms with E-state index >= 15 is 0 Å². The lowest BCUT2D eigenvalue weighted by molar-refractivity contribution is -0.144. The van der Waals surface area contributed by atoms with Crippen LogP contribution in [0.5, 0.6) is 0 Å². The van der Waals surface area contributed by atoms with Crippen LogP contribution in [0.15, 0.2) is 138 Å². The molecule has 2 atom stereocenters. The molecule has 0 bridgehead atoms. The number of carboxylic acid groups (broad SMARTS) is 2. The van der Waals surface area contributed by atoms with Crippen molar-refractivity contribution in [1.82, 2.24) is 19.3 Å². The molecule has 13 nitrogen and oxygen atoms in total. The van der Waals surface area contributed by atoms with E-state index in [0.29, 0.717) is 56.5 Å². The van der Waals surface area contributed by atoms with E-state index in [4.69, 9.17) is 16.0 Å². The van der Waals surface area contributed by atoms with Crippen molar-refractivity contribution in [2.45, 2.75) is 46.5 Å². The number of benzene rings is 4. The Morgan fingerprint density at radius 1 is 0.646 bits per heavy atom. The molecule has 4 heterocycles. The summed E-state index contributed by atoms with van der Waals surface area (Å²) in [5.41, 5.74) is 23.2. The van der Waals surface area contributed by atoms with Gasteiger partial charge in [-0.2, -0.15) is 0 Å². The minimum atomic E-state index is -1.26. The number of hydrogen-bond acceptors (Lipinski definition) is 7. The first-order chi connectivity index (χ1) is 31.2. The molecule has 8 aromatic rings. The number of carboxylic acids is 2. The van der Waals surface area contributed by atoms with Gasteiger partial charge in [0.05, 0.1) is 29.4 Å². The molecule has 0 saturated carbocycles. The van der Waals surface area contributed by atoms with Gasteiger partial charge in [-0.1, -0.05) is 59.8 Å². The predicted molar refractivity (Wildman–Crippen MR) is 247 cm³/mol. The van der Waals surface area contributed by atoms with Crippen LogP contribution >= 0.6 is 0 Å². The number of pyridine rings is 1. The highest BCUT2D eigenvalue weighted by molar-refractivity contribution is 5.94. The molecular formula is C52H46N6O7. The van der Waals surface area contributed by atoms with Crippen molar-refractivity contribution in [3.63, 3.8) is 0 Å². The number of rotatable bonds is 15. The molecule has 13 heteroatoms. The summed E-state index contributed by atoms with van der Waals surface area (Å²) in [4.78, 5) is 55.4. The maximum Gasteiger partial charge on any atom is 0.307 e. The molecule has 6 N–H and O–H groups in total. The Labute approximate surface area is 374 Å². The van der Waals surface area contributed by atoms with Gasteiger partial charge in [-0.25, -0.2) is 0 Å². The van der Waals surface area contributed by atoms with Gasteiger partial charge in [0.1, 0.15) is 5.76 Å². The first kappa shape index (κ1) is 43.3. The van der Waals surface area contributed by atoms with E-state index < -0.39 is 42.0 Å². The normalized spacial score (nSPS) is 12.2. The third-order valence-electron chi connectivity index (χ3n) is 12.0. The predicted octanol–water partition coefficient (Wildman–Crippen LogP) is 9.25. The summed E-state index contributed by atoms with van der Waals surface area (Å²) in [5.74, 6) is -5.20. The summed E-state index contributed by atoms with van der Waals surface area (Å²) in [5, 5.41) is 25.9. The van der Waals surface area contributed by atoms with Gasteiger partial charge in [0.15, 0.2) is 0 Å². The summed E-state index contributed by atoms with van der Waals surface area (Å²) in [6.45, 7) is 7.41. The number of nitrogens with two attached hydrogens (primary N) is 2. The van der Waals surface area contributed by atoms with Crippen LogP contribution < -0.4 is 11.5 Å². The van der Waals surface area contributed by atoms with Crippen LogP contribution in [0, 0.1) is 33.6 Å². The second kappa shape index (κ2) is 17.8. The van der Waals surface area contributed by atoms with E-state index in [1.165, 1.54) is 0 Å². The Bertz CT molecular complexity index is 3090. The average molecular weight is 867 g/mol. The number of hydrogen-bond donors (Lipinski definition) is 4. The van der Waals surface area contributed by atoms with Crippen LogP contribution in [0.2, 0.25) is 0 Å². The Morgan fingerprint density at radius 2 is 1.20 bits per heavy atom. The molecule has 326 valence electrons. The first-order valence-electron chi connectivity index (χ1n) is 20.9. The molecule has 0 aliphatic heterocycles. The van der Waals surface area contributed by atoms with E-state index in [-0.39, 0.29) is 6.42 Å². The lowest BCUT2D eigenvalue weighted by Gasteiger charge is -2.27. The number of aryl methyl sites for hydroxylation is 4. The second-order valence-electron chi connectivity index (χ2n) is 16.2. The van der Waals surface area contributed by atoms with Crippen LogP contribution in [0.25, 0.3) is 56.1 Å². The summed E-state index contributed by atoms with van der Waals surface area (Å²) in [6, 6.07) is 37.1. The molecule has 0 radical (unpaired) electrons. The zero-order valence-electron chi connectivity index (χ0n) is 36.1. The zero-order chi connectivity index (χ0) is 46.1. The van der Waals surface area contributed by atoms with Gasteiger partial charge in [-0.15, -0.1) is 0 Å². The van der Waals surface area contributed by atoms with Gasteiger partial charge in [0, 0.05) is 64.2 Å². The summed E-state index contributed by atoms with van der Waals surface area (Å²) in [7, 11) is 0. The number of amides is 2. The number of aliphatic carboxylic acids is 2. The fourth-order valence-corrected chi connectivity index (χ4v) is 8.84. The minimum absolute atomic E-state index is 0.0820. The zero-order valence-corrected chi connectivity index (χ0v) is 36.1. The van der Waals surface area contributed by atoms with Gasteiger partial charge >= 0.3 is 11.9 Å². The molecule has 65 heavy (non-hydrogen) atoms. The Kier molecular flexibility index (Phi) is 11.9. The summed E-state index contributed by atoms with van der Waals surface area (Å²) in [6.07, 6.45) is 2.89. The van der Waals surface area contributed by atoms with Gasteiger partial charge in [0.2, 0.25) is 11.8 Å². The molecule has 0 aliphatic carbocycles. The van der Waals surface area contributed by atoms with E-state index in [1.54, 1.807) is 54.9 Å². The quantitative estimate of drug-likeness (QED) is 0.0773. The summed E-state index contributed by atoms with van der Waals surface area (Å²) < 4.78 is 9.27. The second-order valence-corrected chi connectivity index (χ2v) is 16.2. The van der Waals surface area contributed by atoms with Crippen molar-refractivity contribution in [2.75, 3.05) is 0 Å². The Hall–Kier alpha value is -8.32. The summed E-state index contributed by atoms with van der Waals surface area (Å²) >= 11 is 0. The monoisotopic (exact) mass is 866 g/mol. The fraction of sp³-hybridized carbons (Fsp3) is 0.154. The molecule has 2 unspecified atom stereocenters. The highest BCUT2D eigenvalue weighted by Gasteiger charge is 2.36. The van der Waals surface area contributed by atoms with Gasteiger partial charge in [-0.3, -0.25) is 24.2 Å². The lowest BCUT2D eigenvalue weighted by atomic mass is 9.83. The third kappa shape index (κ3) is 8.59. The maximum absolute atomic E-state index is 13.8. The minimum Gasteiger partial charge on any atom is -0.481 e. The van der Waals surface area contributed by atoms with Gasteiger partial charge < -0.3 is 35.3 Å². The largest absolute Gasteiger partial charge is 0.481 e. The van der Waals surface area contributed by atoms with Gasteiger partial charge in [0.25, 0.3) is 0 Å². The van der Waals surface area contributed by atoms with Crippen LogP contribution in [0.4, 0.5) is 0 Å². The molecule has 8 rings (SSSR count). The lowest BCUT2D eigenvalue weighted by Crippen LogP contribution is -2.29. The Morgan fingerprint density at radius 3 is 1.71 bits per heavy atom.